The van der Waals surface area contributed by atoms with E-state index < -0.39 is 0 Å². The summed E-state index contributed by atoms with van der Waals surface area (Å²) in [5.41, 5.74) is 0. The van der Waals surface area contributed by atoms with E-state index in [1.807, 2.05) is 12.1 Å². The van der Waals surface area contributed by atoms with Crippen LogP contribution in [0.5, 0.6) is 5.75 Å². The van der Waals surface area contributed by atoms with Crippen molar-refractivity contribution in [1.82, 2.24) is 0 Å². The molecule has 0 bridgehead atoms. The van der Waals surface area contributed by atoms with Gasteiger partial charge in [-0.05, 0) is 44.0 Å². The number of halogens is 2. The van der Waals surface area contributed by atoms with E-state index >= 15 is 0 Å². The molecule has 1 aromatic rings. The Labute approximate surface area is 87.8 Å². The summed E-state index contributed by atoms with van der Waals surface area (Å²) in [6, 6.07) is 3.68. The molecule has 0 aromatic heterocycles. The van der Waals surface area contributed by atoms with Gasteiger partial charge in [0, 0.05) is 8.95 Å². The standard InChI is InChI=1S/C7H5Br2OS/c1-10-4-2-5(8)7(11)6(9)3-4/h2-3H,1H3. The maximum absolute atomic E-state index is 5.05. The fraction of sp³-hybridized carbons (Fsp3) is 0.143. The maximum atomic E-state index is 5.05. The first-order valence-corrected chi connectivity index (χ1v) is 4.84. The Morgan fingerprint density at radius 3 is 2.09 bits per heavy atom. The molecule has 0 aliphatic carbocycles. The molecule has 1 rings (SSSR count). The second kappa shape index (κ2) is 3.74. The summed E-state index contributed by atoms with van der Waals surface area (Å²) in [6.07, 6.45) is 0. The van der Waals surface area contributed by atoms with Gasteiger partial charge in [-0.1, -0.05) is 12.6 Å². The molecule has 1 radical (unpaired) electrons. The van der Waals surface area contributed by atoms with Crippen molar-refractivity contribution in [3.05, 3.63) is 21.1 Å². The van der Waals surface area contributed by atoms with Crippen molar-refractivity contribution >= 4 is 44.5 Å². The van der Waals surface area contributed by atoms with Gasteiger partial charge in [0.1, 0.15) is 5.75 Å². The van der Waals surface area contributed by atoms with Crippen LogP contribution in [-0.4, -0.2) is 7.11 Å². The Bertz CT molecular complexity index is 252. The monoisotopic (exact) mass is 295 g/mol. The Balaban J connectivity index is 3.21. The minimum absolute atomic E-state index is 0.769. The highest BCUT2D eigenvalue weighted by atomic mass is 79.9. The lowest BCUT2D eigenvalue weighted by Gasteiger charge is -2.03. The number of methoxy groups -OCH3 is 1. The number of ether oxygens (including phenoxy) is 1. The minimum Gasteiger partial charge on any atom is -0.497 e. The van der Waals surface area contributed by atoms with Crippen molar-refractivity contribution in [2.75, 3.05) is 7.11 Å². The van der Waals surface area contributed by atoms with Crippen LogP contribution in [0.1, 0.15) is 0 Å². The first-order valence-electron chi connectivity index (χ1n) is 2.85. The van der Waals surface area contributed by atoms with Gasteiger partial charge >= 0.3 is 0 Å². The largest absolute Gasteiger partial charge is 0.497 e. The first kappa shape index (κ1) is 9.29. The molecule has 59 valence electrons. The van der Waals surface area contributed by atoms with Crippen LogP contribution < -0.4 is 4.74 Å². The predicted octanol–water partition coefficient (Wildman–Crippen LogP) is 3.78. The van der Waals surface area contributed by atoms with Crippen LogP contribution in [0.2, 0.25) is 0 Å². The van der Waals surface area contributed by atoms with Crippen molar-refractivity contribution in [1.29, 1.82) is 0 Å². The molecule has 0 atom stereocenters. The van der Waals surface area contributed by atoms with Gasteiger partial charge in [-0.25, -0.2) is 0 Å². The van der Waals surface area contributed by atoms with Gasteiger partial charge in [0.25, 0.3) is 0 Å². The number of hydrogen-bond acceptors (Lipinski definition) is 1. The van der Waals surface area contributed by atoms with Gasteiger partial charge < -0.3 is 4.74 Å². The van der Waals surface area contributed by atoms with Gasteiger partial charge in [-0.3, -0.25) is 0 Å². The third-order valence-corrected chi connectivity index (χ3v) is 3.42. The van der Waals surface area contributed by atoms with Crippen molar-refractivity contribution in [3.8, 4) is 5.75 Å². The highest BCUT2D eigenvalue weighted by molar-refractivity contribution is 9.11. The molecule has 11 heavy (non-hydrogen) atoms. The summed E-state index contributed by atoms with van der Waals surface area (Å²) in [5.74, 6) is 0.789. The summed E-state index contributed by atoms with van der Waals surface area (Å²) in [7, 11) is 1.62. The van der Waals surface area contributed by atoms with Crippen LogP contribution in [-0.2, 0) is 0 Å². The topological polar surface area (TPSA) is 9.23 Å². The quantitative estimate of drug-likeness (QED) is 0.766. The molecule has 0 aliphatic heterocycles. The van der Waals surface area contributed by atoms with Crippen LogP contribution in [0.4, 0.5) is 0 Å². The Kier molecular flexibility index (Phi) is 3.16. The third-order valence-electron chi connectivity index (χ3n) is 1.21. The highest BCUT2D eigenvalue weighted by Crippen LogP contribution is 2.32. The Morgan fingerprint density at radius 1 is 1.27 bits per heavy atom. The minimum atomic E-state index is 0.769. The molecule has 0 aliphatic rings. The van der Waals surface area contributed by atoms with Crippen LogP contribution in [0.3, 0.4) is 0 Å². The summed E-state index contributed by atoms with van der Waals surface area (Å²) in [4.78, 5) is 0.769. The van der Waals surface area contributed by atoms with E-state index in [1.165, 1.54) is 0 Å². The van der Waals surface area contributed by atoms with E-state index in [2.05, 4.69) is 31.9 Å². The van der Waals surface area contributed by atoms with Crippen LogP contribution in [0.25, 0.3) is 0 Å². The fourth-order valence-electron chi connectivity index (χ4n) is 0.654. The first-order chi connectivity index (χ1) is 5.15. The molecule has 1 aromatic carbocycles. The molecular formula is C7H5Br2OS. The van der Waals surface area contributed by atoms with E-state index in [0.29, 0.717) is 0 Å². The fourth-order valence-corrected chi connectivity index (χ4v) is 1.92. The van der Waals surface area contributed by atoms with Gasteiger partial charge in [-0.2, -0.15) is 0 Å². The van der Waals surface area contributed by atoms with Crippen LogP contribution >= 0.6 is 44.5 Å². The van der Waals surface area contributed by atoms with E-state index in [-0.39, 0.29) is 0 Å². The molecule has 0 saturated carbocycles. The van der Waals surface area contributed by atoms with Gasteiger partial charge in [0.15, 0.2) is 0 Å². The van der Waals surface area contributed by atoms with Gasteiger partial charge in [0.05, 0.1) is 12.0 Å². The number of benzene rings is 1. The molecule has 1 nitrogen and oxygen atoms in total. The SMILES string of the molecule is COc1cc(Br)c([S])c(Br)c1. The molecule has 0 saturated heterocycles. The normalized spacial score (nSPS) is 9.73. The van der Waals surface area contributed by atoms with E-state index in [9.17, 15) is 0 Å². The number of rotatable bonds is 1. The summed E-state index contributed by atoms with van der Waals surface area (Å²) >= 11 is 11.7. The smallest absolute Gasteiger partial charge is 0.121 e. The van der Waals surface area contributed by atoms with Crippen molar-refractivity contribution < 1.29 is 4.74 Å². The summed E-state index contributed by atoms with van der Waals surface area (Å²) in [6.45, 7) is 0. The molecular weight excluding hydrogens is 292 g/mol. The van der Waals surface area contributed by atoms with E-state index in [0.717, 1.165) is 19.6 Å². The Morgan fingerprint density at radius 2 is 1.73 bits per heavy atom. The average molecular weight is 297 g/mol. The molecule has 0 heterocycles. The molecule has 0 N–H and O–H groups in total. The zero-order valence-corrected chi connectivity index (χ0v) is 9.72. The highest BCUT2D eigenvalue weighted by Gasteiger charge is 2.04. The second-order valence-electron chi connectivity index (χ2n) is 1.92. The molecule has 0 unspecified atom stereocenters. The lowest BCUT2D eigenvalue weighted by atomic mass is 10.3. The van der Waals surface area contributed by atoms with Crippen molar-refractivity contribution in [2.24, 2.45) is 0 Å². The second-order valence-corrected chi connectivity index (χ2v) is 4.04. The third kappa shape index (κ3) is 2.07. The maximum Gasteiger partial charge on any atom is 0.121 e. The van der Waals surface area contributed by atoms with E-state index in [1.54, 1.807) is 7.11 Å². The van der Waals surface area contributed by atoms with Gasteiger partial charge in [0.2, 0.25) is 0 Å². The zero-order chi connectivity index (χ0) is 8.43. The van der Waals surface area contributed by atoms with Crippen molar-refractivity contribution in [2.45, 2.75) is 4.90 Å². The molecule has 0 fully saturated rings. The van der Waals surface area contributed by atoms with E-state index in [4.69, 9.17) is 17.4 Å². The van der Waals surface area contributed by atoms with Gasteiger partial charge in [-0.15, -0.1) is 0 Å². The predicted molar refractivity (Wildman–Crippen MR) is 54.3 cm³/mol. The summed E-state index contributed by atoms with van der Waals surface area (Å²) < 4.78 is 6.77. The lowest BCUT2D eigenvalue weighted by molar-refractivity contribution is 0.414. The Hall–Kier alpha value is 0.200. The molecule has 0 amide bonds. The van der Waals surface area contributed by atoms with Crippen molar-refractivity contribution in [3.63, 3.8) is 0 Å². The molecule has 4 heteroatoms. The average Bonchev–Trinajstić information content (AvgIpc) is 1.99. The zero-order valence-electron chi connectivity index (χ0n) is 5.73. The lowest BCUT2D eigenvalue weighted by Crippen LogP contribution is -1.83. The van der Waals surface area contributed by atoms with Crippen LogP contribution in [0, 0.1) is 0 Å². The van der Waals surface area contributed by atoms with Crippen LogP contribution in [0.15, 0.2) is 26.0 Å². The molecule has 0 spiro atoms. The number of hydrogen-bond donors (Lipinski definition) is 0. The summed E-state index contributed by atoms with van der Waals surface area (Å²) in [5, 5.41) is 0.